The van der Waals surface area contributed by atoms with Gasteiger partial charge < -0.3 is 19.7 Å². The summed E-state index contributed by atoms with van der Waals surface area (Å²) in [7, 11) is 3.28. The Morgan fingerprint density at radius 3 is 2.50 bits per heavy atom. The number of quaternary nitrogens is 1. The van der Waals surface area contributed by atoms with E-state index in [4.69, 9.17) is 21.1 Å². The Kier molecular flexibility index (Phi) is 5.69. The molecule has 0 saturated heterocycles. The number of hydrogen-bond acceptors (Lipinski definition) is 3. The molecule has 0 radical (unpaired) electrons. The van der Waals surface area contributed by atoms with Crippen LogP contribution in [-0.2, 0) is 17.8 Å². The smallest absolute Gasteiger partial charge is 0.279 e. The quantitative estimate of drug-likeness (QED) is 0.842. The van der Waals surface area contributed by atoms with E-state index in [1.807, 2.05) is 31.2 Å². The lowest BCUT2D eigenvalue weighted by Gasteiger charge is -2.26. The maximum atomic E-state index is 12.4. The number of carbonyl (C=O) groups excluding carboxylic acids is 1. The fourth-order valence-corrected chi connectivity index (χ4v) is 3.46. The molecule has 2 N–H and O–H groups in total. The Morgan fingerprint density at radius 1 is 1.15 bits per heavy atom. The molecule has 1 atom stereocenters. The number of halogens is 1. The van der Waals surface area contributed by atoms with Crippen LogP contribution in [0.3, 0.4) is 0 Å². The van der Waals surface area contributed by atoms with Crippen LogP contribution >= 0.6 is 11.6 Å². The number of rotatable bonds is 5. The number of carbonyl (C=O) groups is 1. The lowest BCUT2D eigenvalue weighted by atomic mass is 9.99. The van der Waals surface area contributed by atoms with Crippen molar-refractivity contribution in [3.05, 3.63) is 52.0 Å². The van der Waals surface area contributed by atoms with E-state index in [1.165, 1.54) is 16.0 Å². The second-order valence-corrected chi connectivity index (χ2v) is 7.00. The van der Waals surface area contributed by atoms with Gasteiger partial charge in [0.05, 0.1) is 20.8 Å². The molecule has 1 unspecified atom stereocenters. The normalized spacial score (nSPS) is 15.9. The fourth-order valence-electron chi connectivity index (χ4n) is 3.28. The number of amides is 1. The summed E-state index contributed by atoms with van der Waals surface area (Å²) in [6.07, 6.45) is 0.911. The van der Waals surface area contributed by atoms with Crippen molar-refractivity contribution in [1.82, 2.24) is 0 Å². The van der Waals surface area contributed by atoms with Gasteiger partial charge in [-0.2, -0.15) is 0 Å². The van der Waals surface area contributed by atoms with Gasteiger partial charge in [0.15, 0.2) is 18.0 Å². The Hall–Kier alpha value is -2.24. The molecule has 1 heterocycles. The number of anilines is 1. The number of fused-ring (bicyclic) bond motifs is 1. The van der Waals surface area contributed by atoms with E-state index >= 15 is 0 Å². The molecule has 5 nitrogen and oxygen atoms in total. The molecule has 2 aromatic rings. The molecule has 1 aliphatic heterocycles. The number of ether oxygens (including phenoxy) is 2. The summed E-state index contributed by atoms with van der Waals surface area (Å²) in [5, 5.41) is 3.59. The first kappa shape index (κ1) is 18.5. The summed E-state index contributed by atoms with van der Waals surface area (Å²) < 4.78 is 10.8. The average Bonchev–Trinajstić information content (AvgIpc) is 2.63. The first-order valence-electron chi connectivity index (χ1n) is 8.63. The van der Waals surface area contributed by atoms with Gasteiger partial charge in [-0.15, -0.1) is 0 Å². The molecular formula is C20H24ClN2O3+. The zero-order valence-corrected chi connectivity index (χ0v) is 16.1. The Balaban J connectivity index is 1.65. The van der Waals surface area contributed by atoms with E-state index in [0.717, 1.165) is 42.3 Å². The van der Waals surface area contributed by atoms with Gasteiger partial charge >= 0.3 is 0 Å². The van der Waals surface area contributed by atoms with Gasteiger partial charge in [-0.25, -0.2) is 0 Å². The zero-order chi connectivity index (χ0) is 18.7. The van der Waals surface area contributed by atoms with Crippen LogP contribution < -0.4 is 19.7 Å². The van der Waals surface area contributed by atoms with Crippen molar-refractivity contribution in [2.75, 3.05) is 32.6 Å². The van der Waals surface area contributed by atoms with Crippen molar-refractivity contribution < 1.29 is 19.2 Å². The van der Waals surface area contributed by atoms with Crippen LogP contribution in [0.4, 0.5) is 5.69 Å². The summed E-state index contributed by atoms with van der Waals surface area (Å²) >= 11 is 6.12. The molecule has 0 bridgehead atoms. The molecule has 1 aliphatic rings. The van der Waals surface area contributed by atoms with E-state index < -0.39 is 0 Å². The van der Waals surface area contributed by atoms with Crippen molar-refractivity contribution in [1.29, 1.82) is 0 Å². The summed E-state index contributed by atoms with van der Waals surface area (Å²) in [6.45, 7) is 4.05. The summed E-state index contributed by atoms with van der Waals surface area (Å²) in [5.41, 5.74) is 4.19. The zero-order valence-electron chi connectivity index (χ0n) is 15.3. The minimum absolute atomic E-state index is 0.0103. The summed E-state index contributed by atoms with van der Waals surface area (Å²) in [6, 6.07) is 9.62. The van der Waals surface area contributed by atoms with Crippen LogP contribution in [0.1, 0.15) is 16.7 Å². The standard InChI is InChI=1S/C20H23ClN2O3/c1-13-4-5-16(10-17(13)21)22-20(24)12-23-7-6-14-8-18(25-2)19(26-3)9-15(14)11-23/h4-5,8-10H,6-7,11-12H2,1-3H3,(H,22,24)/p+1. The van der Waals surface area contributed by atoms with Crippen LogP contribution in [-0.4, -0.2) is 33.2 Å². The van der Waals surface area contributed by atoms with E-state index in [0.29, 0.717) is 11.6 Å². The van der Waals surface area contributed by atoms with Gasteiger partial charge in [-0.05, 0) is 42.3 Å². The number of benzene rings is 2. The van der Waals surface area contributed by atoms with E-state index in [-0.39, 0.29) is 5.91 Å². The minimum atomic E-state index is -0.0103. The topological polar surface area (TPSA) is 52.0 Å². The van der Waals surface area contributed by atoms with Crippen molar-refractivity contribution >= 4 is 23.2 Å². The van der Waals surface area contributed by atoms with E-state index in [2.05, 4.69) is 5.32 Å². The summed E-state index contributed by atoms with van der Waals surface area (Å²) in [5.74, 6) is 1.47. The van der Waals surface area contributed by atoms with Crippen LogP contribution in [0.25, 0.3) is 0 Å². The molecule has 0 fully saturated rings. The van der Waals surface area contributed by atoms with Crippen molar-refractivity contribution in [2.45, 2.75) is 19.9 Å². The highest BCUT2D eigenvalue weighted by Gasteiger charge is 2.24. The van der Waals surface area contributed by atoms with Crippen LogP contribution in [0.5, 0.6) is 11.5 Å². The second kappa shape index (κ2) is 7.98. The monoisotopic (exact) mass is 375 g/mol. The van der Waals surface area contributed by atoms with Gasteiger partial charge in [0, 0.05) is 22.7 Å². The number of aryl methyl sites for hydroxylation is 1. The third-order valence-corrected chi connectivity index (χ3v) is 5.17. The second-order valence-electron chi connectivity index (χ2n) is 6.59. The molecule has 138 valence electrons. The highest BCUT2D eigenvalue weighted by atomic mass is 35.5. The Bertz CT molecular complexity index is 823. The minimum Gasteiger partial charge on any atom is -0.493 e. The first-order valence-corrected chi connectivity index (χ1v) is 9.01. The van der Waals surface area contributed by atoms with Gasteiger partial charge in [0.1, 0.15) is 6.54 Å². The van der Waals surface area contributed by atoms with Crippen molar-refractivity contribution in [3.63, 3.8) is 0 Å². The highest BCUT2D eigenvalue weighted by Crippen LogP contribution is 2.31. The maximum Gasteiger partial charge on any atom is 0.279 e. The number of nitrogens with one attached hydrogen (secondary N) is 2. The van der Waals surface area contributed by atoms with Crippen LogP contribution in [0, 0.1) is 6.92 Å². The fraction of sp³-hybridized carbons (Fsp3) is 0.350. The van der Waals surface area contributed by atoms with Gasteiger partial charge in [0.25, 0.3) is 5.91 Å². The van der Waals surface area contributed by atoms with Crippen molar-refractivity contribution in [3.8, 4) is 11.5 Å². The van der Waals surface area contributed by atoms with Gasteiger partial charge in [-0.3, -0.25) is 4.79 Å². The molecular weight excluding hydrogens is 352 g/mol. The Morgan fingerprint density at radius 2 is 1.85 bits per heavy atom. The third-order valence-electron chi connectivity index (χ3n) is 4.76. The molecule has 3 rings (SSSR count). The SMILES string of the molecule is COc1cc2c(cc1OC)C[NH+](CC(=O)Nc1ccc(C)c(Cl)c1)CC2. The number of hydrogen-bond donors (Lipinski definition) is 2. The third kappa shape index (κ3) is 4.11. The Labute approximate surface area is 158 Å². The molecule has 6 heteroatoms. The first-order chi connectivity index (χ1) is 12.5. The predicted octanol–water partition coefficient (Wildman–Crippen LogP) is 2.25. The largest absolute Gasteiger partial charge is 0.493 e. The lowest BCUT2D eigenvalue weighted by Crippen LogP contribution is -3.12. The van der Waals surface area contributed by atoms with E-state index in [1.54, 1.807) is 20.3 Å². The lowest BCUT2D eigenvalue weighted by molar-refractivity contribution is -0.907. The van der Waals surface area contributed by atoms with Crippen molar-refractivity contribution in [2.24, 2.45) is 0 Å². The van der Waals surface area contributed by atoms with Crippen LogP contribution in [0.2, 0.25) is 5.02 Å². The molecule has 0 spiro atoms. The molecule has 1 amide bonds. The molecule has 26 heavy (non-hydrogen) atoms. The molecule has 0 aliphatic carbocycles. The van der Waals surface area contributed by atoms with Crippen LogP contribution in [0.15, 0.2) is 30.3 Å². The molecule has 0 saturated carbocycles. The van der Waals surface area contributed by atoms with E-state index in [9.17, 15) is 4.79 Å². The highest BCUT2D eigenvalue weighted by molar-refractivity contribution is 6.31. The predicted molar refractivity (Wildman–Crippen MR) is 102 cm³/mol. The van der Waals surface area contributed by atoms with Gasteiger partial charge in [0.2, 0.25) is 0 Å². The molecule has 0 aromatic heterocycles. The maximum absolute atomic E-state index is 12.4. The molecule has 2 aromatic carbocycles. The summed E-state index contributed by atoms with van der Waals surface area (Å²) in [4.78, 5) is 13.6. The van der Waals surface area contributed by atoms with Gasteiger partial charge in [-0.1, -0.05) is 17.7 Å². The number of methoxy groups -OCH3 is 2. The average molecular weight is 376 g/mol.